The molecule has 3 aliphatic heterocycles. The topological polar surface area (TPSA) is 122 Å². The molecule has 3 aromatic rings. The van der Waals surface area contributed by atoms with Crippen molar-refractivity contribution in [3.8, 4) is 6.07 Å². The molecule has 3 amide bonds. The third-order valence-electron chi connectivity index (χ3n) is 8.70. The Kier molecular flexibility index (Phi) is 7.59. The van der Waals surface area contributed by atoms with Crippen LogP contribution in [0.15, 0.2) is 60.8 Å². The number of fused-ring (bicyclic) bond motifs is 1. The van der Waals surface area contributed by atoms with Crippen molar-refractivity contribution < 1.29 is 14.4 Å². The van der Waals surface area contributed by atoms with E-state index in [2.05, 4.69) is 69.6 Å². The maximum Gasteiger partial charge on any atom is 0.263 e. The van der Waals surface area contributed by atoms with Gasteiger partial charge in [0.1, 0.15) is 11.9 Å². The quantitative estimate of drug-likeness (QED) is 0.409. The van der Waals surface area contributed by atoms with Crippen molar-refractivity contribution in [3.63, 3.8) is 0 Å². The van der Waals surface area contributed by atoms with E-state index in [0.717, 1.165) is 37.6 Å². The lowest BCUT2D eigenvalue weighted by atomic mass is 9.97. The zero-order valence-corrected chi connectivity index (χ0v) is 24.5. The number of anilines is 2. The van der Waals surface area contributed by atoms with Gasteiger partial charge >= 0.3 is 0 Å². The molecular formula is C33H35N7O3. The molecule has 0 saturated carbocycles. The lowest BCUT2D eigenvalue weighted by Crippen LogP contribution is -2.59. The number of nitrogens with one attached hydrogen (secondary N) is 2. The smallest absolute Gasteiger partial charge is 0.263 e. The van der Waals surface area contributed by atoms with Crippen molar-refractivity contribution in [2.75, 3.05) is 36.4 Å². The number of hydrogen-bond donors (Lipinski definition) is 2. The van der Waals surface area contributed by atoms with Gasteiger partial charge in [-0.1, -0.05) is 30.3 Å². The molecule has 2 saturated heterocycles. The normalized spacial score (nSPS) is 20.0. The zero-order valence-electron chi connectivity index (χ0n) is 24.5. The Balaban J connectivity index is 1.07. The number of nitrogens with zero attached hydrogens (tertiary/aromatic N) is 5. The summed E-state index contributed by atoms with van der Waals surface area (Å²) < 4.78 is 0. The number of carbonyl (C=O) groups is 3. The minimum Gasteiger partial charge on any atom is -0.380 e. The molecule has 0 radical (unpaired) electrons. The molecule has 0 bridgehead atoms. The molecule has 4 heterocycles. The maximum absolute atomic E-state index is 13.4. The summed E-state index contributed by atoms with van der Waals surface area (Å²) >= 11 is 0. The van der Waals surface area contributed by atoms with Crippen molar-refractivity contribution >= 4 is 29.2 Å². The van der Waals surface area contributed by atoms with Crippen LogP contribution in [-0.2, 0) is 17.9 Å². The number of amides is 3. The molecule has 3 aliphatic rings. The van der Waals surface area contributed by atoms with Gasteiger partial charge in [0.05, 0.1) is 22.7 Å². The number of rotatable bonds is 7. The average molecular weight is 578 g/mol. The van der Waals surface area contributed by atoms with Crippen molar-refractivity contribution in [2.45, 2.75) is 51.4 Å². The summed E-state index contributed by atoms with van der Waals surface area (Å²) in [7, 11) is 0. The SMILES string of the molecule is CC1(C)CN(c2ccc(C#N)cn2)CCN1Cc1ccc(CNc2cccc3c2C(=O)N(C2CCC(=O)NC2)C3=O)cc1. The Hall–Kier alpha value is -4.75. The van der Waals surface area contributed by atoms with Crippen LogP contribution in [0.1, 0.15) is 64.1 Å². The van der Waals surface area contributed by atoms with Crippen LogP contribution in [0.25, 0.3) is 0 Å². The van der Waals surface area contributed by atoms with Crippen molar-refractivity contribution in [2.24, 2.45) is 0 Å². The summed E-state index contributed by atoms with van der Waals surface area (Å²) in [6.07, 6.45) is 2.41. The summed E-state index contributed by atoms with van der Waals surface area (Å²) in [5.41, 5.74) is 4.23. The van der Waals surface area contributed by atoms with E-state index < -0.39 is 0 Å². The van der Waals surface area contributed by atoms with E-state index in [1.165, 1.54) is 10.5 Å². The molecule has 2 aromatic carbocycles. The van der Waals surface area contributed by atoms with Gasteiger partial charge in [-0.25, -0.2) is 4.98 Å². The number of piperazine rings is 1. The maximum atomic E-state index is 13.4. The number of hydrogen-bond acceptors (Lipinski definition) is 8. The number of benzene rings is 2. The van der Waals surface area contributed by atoms with Crippen LogP contribution < -0.4 is 15.5 Å². The third-order valence-corrected chi connectivity index (χ3v) is 8.70. The molecule has 43 heavy (non-hydrogen) atoms. The fourth-order valence-electron chi connectivity index (χ4n) is 6.22. The Morgan fingerprint density at radius 1 is 1.02 bits per heavy atom. The van der Waals surface area contributed by atoms with E-state index in [1.54, 1.807) is 18.3 Å². The Morgan fingerprint density at radius 3 is 2.49 bits per heavy atom. The van der Waals surface area contributed by atoms with Gasteiger partial charge in [0.15, 0.2) is 0 Å². The van der Waals surface area contributed by atoms with Crippen LogP contribution in [0.2, 0.25) is 0 Å². The van der Waals surface area contributed by atoms with Gasteiger partial charge in [-0.15, -0.1) is 0 Å². The predicted octanol–water partition coefficient (Wildman–Crippen LogP) is 3.54. The highest BCUT2D eigenvalue weighted by Gasteiger charge is 2.42. The van der Waals surface area contributed by atoms with Crippen molar-refractivity contribution in [1.82, 2.24) is 20.1 Å². The largest absolute Gasteiger partial charge is 0.380 e. The minimum absolute atomic E-state index is 0.0511. The fourth-order valence-corrected chi connectivity index (χ4v) is 6.22. The van der Waals surface area contributed by atoms with Gasteiger partial charge in [-0.3, -0.25) is 24.2 Å². The summed E-state index contributed by atoms with van der Waals surface area (Å²) in [6.45, 7) is 8.72. The van der Waals surface area contributed by atoms with Crippen LogP contribution in [0.5, 0.6) is 0 Å². The lowest BCUT2D eigenvalue weighted by molar-refractivity contribution is -0.123. The van der Waals surface area contributed by atoms with Crippen molar-refractivity contribution in [1.29, 1.82) is 5.26 Å². The molecule has 0 aliphatic carbocycles. The van der Waals surface area contributed by atoms with Gasteiger partial charge in [0, 0.05) is 63.1 Å². The number of nitriles is 1. The lowest BCUT2D eigenvalue weighted by Gasteiger charge is -2.47. The third kappa shape index (κ3) is 5.68. The van der Waals surface area contributed by atoms with Gasteiger partial charge in [-0.05, 0) is 55.7 Å². The molecule has 2 fully saturated rings. The van der Waals surface area contributed by atoms with E-state index in [1.807, 2.05) is 18.2 Å². The second-order valence-electron chi connectivity index (χ2n) is 12.0. The first-order valence-electron chi connectivity index (χ1n) is 14.7. The van der Waals surface area contributed by atoms with Crippen LogP contribution in [0.4, 0.5) is 11.5 Å². The average Bonchev–Trinajstić information content (AvgIpc) is 3.27. The predicted molar refractivity (Wildman–Crippen MR) is 162 cm³/mol. The zero-order chi connectivity index (χ0) is 30.1. The van der Waals surface area contributed by atoms with Crippen LogP contribution in [0.3, 0.4) is 0 Å². The van der Waals surface area contributed by atoms with E-state index in [9.17, 15) is 14.4 Å². The number of pyridine rings is 1. The Bertz CT molecular complexity index is 1580. The van der Waals surface area contributed by atoms with Crippen molar-refractivity contribution in [3.05, 3.63) is 88.6 Å². The van der Waals surface area contributed by atoms with Crippen LogP contribution in [-0.4, -0.2) is 70.3 Å². The van der Waals surface area contributed by atoms with E-state index in [-0.39, 0.29) is 29.3 Å². The molecule has 220 valence electrons. The van der Waals surface area contributed by atoms with Gasteiger partial charge in [0.25, 0.3) is 11.8 Å². The summed E-state index contributed by atoms with van der Waals surface area (Å²) in [5, 5.41) is 15.2. The highest BCUT2D eigenvalue weighted by Crippen LogP contribution is 2.32. The van der Waals surface area contributed by atoms with Gasteiger partial charge in [0.2, 0.25) is 5.91 Å². The summed E-state index contributed by atoms with van der Waals surface area (Å²) in [5.74, 6) is 0.238. The van der Waals surface area contributed by atoms with Gasteiger partial charge < -0.3 is 15.5 Å². The van der Waals surface area contributed by atoms with Crippen LogP contribution >= 0.6 is 0 Å². The monoisotopic (exact) mass is 577 g/mol. The second-order valence-corrected chi connectivity index (χ2v) is 12.0. The Morgan fingerprint density at radius 2 is 1.81 bits per heavy atom. The number of aromatic nitrogens is 1. The first-order chi connectivity index (χ1) is 20.7. The van der Waals surface area contributed by atoms with Crippen LogP contribution in [0, 0.1) is 11.3 Å². The standard InChI is InChI=1S/C33H35N7O3/c1-33(2)21-38(28-12-10-24(16-34)18-36-28)14-15-39(33)20-23-8-6-22(7-9-23)17-35-27-5-3-4-26-30(27)32(43)40(31(26)42)25-11-13-29(41)37-19-25/h3-10,12,18,25,35H,11,13-15,17,19-21H2,1-2H3,(H,37,41). The Labute approximate surface area is 251 Å². The molecule has 10 heteroatoms. The van der Waals surface area contributed by atoms with E-state index >= 15 is 0 Å². The molecular weight excluding hydrogens is 542 g/mol. The number of carbonyl (C=O) groups excluding carboxylic acids is 3. The minimum atomic E-state index is -0.328. The molecule has 1 atom stereocenters. The number of imide groups is 1. The molecule has 6 rings (SSSR count). The first kappa shape index (κ1) is 28.4. The first-order valence-corrected chi connectivity index (χ1v) is 14.7. The summed E-state index contributed by atoms with van der Waals surface area (Å²) in [6, 6.07) is 19.3. The van der Waals surface area contributed by atoms with Gasteiger partial charge in [-0.2, -0.15) is 5.26 Å². The van der Waals surface area contributed by atoms with E-state index in [0.29, 0.717) is 48.3 Å². The molecule has 2 N–H and O–H groups in total. The fraction of sp³-hybridized carbons (Fsp3) is 0.364. The number of piperidine rings is 1. The second kappa shape index (κ2) is 11.5. The van der Waals surface area contributed by atoms with E-state index in [4.69, 9.17) is 5.26 Å². The highest BCUT2D eigenvalue weighted by atomic mass is 16.2. The molecule has 10 nitrogen and oxygen atoms in total. The molecule has 1 unspecified atom stereocenters. The molecule has 0 spiro atoms. The molecule has 1 aromatic heterocycles. The summed E-state index contributed by atoms with van der Waals surface area (Å²) in [4.78, 5) is 48.6. The highest BCUT2D eigenvalue weighted by molar-refractivity contribution is 6.24.